The number of carbonyl (C=O) groups is 1. The molecule has 0 spiro atoms. The van der Waals surface area contributed by atoms with Crippen LogP contribution in [0.2, 0.25) is 0 Å². The van der Waals surface area contributed by atoms with Crippen LogP contribution < -0.4 is 0 Å². The minimum atomic E-state index is -3.40. The maximum absolute atomic E-state index is 12.8. The van der Waals surface area contributed by atoms with Gasteiger partial charge in [0.05, 0.1) is 6.42 Å². The smallest absolute Gasteiger partial charge is 0.252 e. The van der Waals surface area contributed by atoms with E-state index in [4.69, 9.17) is 0 Å². The first-order chi connectivity index (χ1) is 14.5. The molecular weight excluding hydrogens is 418 g/mol. The van der Waals surface area contributed by atoms with Gasteiger partial charge in [-0.2, -0.15) is 4.31 Å². The normalized spacial score (nSPS) is 23.0. The quantitative estimate of drug-likeness (QED) is 0.664. The lowest BCUT2D eigenvalue weighted by Gasteiger charge is -2.37. The van der Waals surface area contributed by atoms with Crippen LogP contribution in [0, 0.1) is 5.92 Å². The zero-order valence-corrected chi connectivity index (χ0v) is 19.6. The third kappa shape index (κ3) is 5.44. The second-order valence-corrected chi connectivity index (χ2v) is 12.4. The molecule has 2 aliphatic heterocycles. The van der Waals surface area contributed by atoms with Crippen LogP contribution in [0.3, 0.4) is 0 Å². The van der Waals surface area contributed by atoms with Crippen molar-refractivity contribution >= 4 is 27.3 Å². The van der Waals surface area contributed by atoms with E-state index in [-0.39, 0.29) is 5.91 Å². The van der Waals surface area contributed by atoms with Crippen LogP contribution in [0.1, 0.15) is 56.2 Å². The Balaban J connectivity index is 1.26. The van der Waals surface area contributed by atoms with Crippen LogP contribution in [0.4, 0.5) is 0 Å². The summed E-state index contributed by atoms with van der Waals surface area (Å²) in [6, 6.07) is 3.50. The summed E-state index contributed by atoms with van der Waals surface area (Å²) in [5.74, 6) is 0.962. The molecule has 0 N–H and O–H groups in total. The minimum absolute atomic E-state index is 0.121. The Morgan fingerprint density at radius 1 is 0.900 bits per heavy atom. The number of nitrogens with zero attached hydrogens (tertiary/aromatic N) is 3. The van der Waals surface area contributed by atoms with E-state index in [9.17, 15) is 13.2 Å². The highest BCUT2D eigenvalue weighted by Gasteiger charge is 2.28. The fourth-order valence-electron chi connectivity index (χ4n) is 5.00. The molecule has 0 aromatic carbocycles. The fourth-order valence-corrected chi connectivity index (χ4v) is 8.02. The molecule has 0 radical (unpaired) electrons. The van der Waals surface area contributed by atoms with Gasteiger partial charge in [-0.3, -0.25) is 9.69 Å². The standard InChI is InChI=1S/C22H35N3O3S2/c26-21(24-15-13-23(14-16-24)18-19-7-3-1-4-8-19)17-20-9-10-22(29-20)30(27,28)25-11-5-2-6-12-25/h9-10,19H,1-8,11-18H2. The first-order valence-electron chi connectivity index (χ1n) is 11.6. The number of sulfonamides is 1. The van der Waals surface area contributed by atoms with Crippen molar-refractivity contribution in [1.82, 2.24) is 14.1 Å². The van der Waals surface area contributed by atoms with Crippen molar-refractivity contribution in [3.05, 3.63) is 17.0 Å². The van der Waals surface area contributed by atoms with E-state index in [1.807, 2.05) is 11.0 Å². The van der Waals surface area contributed by atoms with Gasteiger partial charge in [0, 0.05) is 50.7 Å². The highest BCUT2D eigenvalue weighted by molar-refractivity contribution is 7.91. The molecule has 1 amide bonds. The topological polar surface area (TPSA) is 60.9 Å². The summed E-state index contributed by atoms with van der Waals surface area (Å²) >= 11 is 1.26. The van der Waals surface area contributed by atoms with Crippen LogP contribution in [0.15, 0.2) is 16.3 Å². The maximum Gasteiger partial charge on any atom is 0.252 e. The third-order valence-corrected chi connectivity index (χ3v) is 10.3. The lowest BCUT2D eigenvalue weighted by molar-refractivity contribution is -0.132. The van der Waals surface area contributed by atoms with E-state index in [1.54, 1.807) is 10.4 Å². The zero-order valence-electron chi connectivity index (χ0n) is 17.9. The molecule has 30 heavy (non-hydrogen) atoms. The van der Waals surface area contributed by atoms with E-state index in [2.05, 4.69) is 4.90 Å². The van der Waals surface area contributed by atoms with E-state index < -0.39 is 10.0 Å². The summed E-state index contributed by atoms with van der Waals surface area (Å²) in [4.78, 5) is 18.1. The Hall–Kier alpha value is -0.960. The van der Waals surface area contributed by atoms with Gasteiger partial charge < -0.3 is 4.90 Å². The summed E-state index contributed by atoms with van der Waals surface area (Å²) in [5.41, 5.74) is 0. The largest absolute Gasteiger partial charge is 0.340 e. The molecule has 1 aliphatic carbocycles. The number of thiophene rings is 1. The van der Waals surface area contributed by atoms with Gasteiger partial charge in [-0.05, 0) is 43.7 Å². The summed E-state index contributed by atoms with van der Waals surface area (Å²) in [6.45, 7) is 5.90. The van der Waals surface area contributed by atoms with Crippen molar-refractivity contribution in [1.29, 1.82) is 0 Å². The molecule has 3 heterocycles. The van der Waals surface area contributed by atoms with Crippen LogP contribution in [-0.2, 0) is 21.2 Å². The highest BCUT2D eigenvalue weighted by atomic mass is 32.2. The van der Waals surface area contributed by atoms with Gasteiger partial charge >= 0.3 is 0 Å². The van der Waals surface area contributed by atoms with E-state index >= 15 is 0 Å². The second kappa shape index (κ2) is 10.1. The van der Waals surface area contributed by atoms with Gasteiger partial charge in [0.25, 0.3) is 10.0 Å². The second-order valence-electron chi connectivity index (χ2n) is 9.05. The summed E-state index contributed by atoms with van der Waals surface area (Å²) in [6.07, 6.45) is 10.1. The van der Waals surface area contributed by atoms with Gasteiger partial charge in [0.1, 0.15) is 4.21 Å². The zero-order chi connectivity index (χ0) is 21.0. The molecule has 3 aliphatic rings. The number of carbonyl (C=O) groups excluding carboxylic acids is 1. The van der Waals surface area contributed by atoms with Crippen LogP contribution in [0.25, 0.3) is 0 Å². The monoisotopic (exact) mass is 453 g/mol. The molecule has 2 saturated heterocycles. The Bertz CT molecular complexity index is 803. The molecule has 6 nitrogen and oxygen atoms in total. The SMILES string of the molecule is O=C(Cc1ccc(S(=O)(=O)N2CCCCC2)s1)N1CCN(CC2CCCCC2)CC1. The van der Waals surface area contributed by atoms with E-state index in [0.717, 1.165) is 56.2 Å². The molecule has 0 atom stereocenters. The van der Waals surface area contributed by atoms with Crippen molar-refractivity contribution in [2.45, 2.75) is 62.0 Å². The number of hydrogen-bond donors (Lipinski definition) is 0. The number of rotatable bonds is 6. The van der Waals surface area contributed by atoms with Crippen molar-refractivity contribution in [2.75, 3.05) is 45.8 Å². The molecule has 8 heteroatoms. The summed E-state index contributed by atoms with van der Waals surface area (Å²) < 4.78 is 27.6. The molecule has 0 unspecified atom stereocenters. The van der Waals surface area contributed by atoms with Gasteiger partial charge in [-0.15, -0.1) is 11.3 Å². The molecule has 168 valence electrons. The van der Waals surface area contributed by atoms with Crippen molar-refractivity contribution in [3.8, 4) is 0 Å². The molecule has 1 aromatic rings. The number of hydrogen-bond acceptors (Lipinski definition) is 5. The Morgan fingerprint density at radius 3 is 2.27 bits per heavy atom. The molecule has 1 saturated carbocycles. The van der Waals surface area contributed by atoms with Crippen molar-refractivity contribution in [3.63, 3.8) is 0 Å². The fraction of sp³-hybridized carbons (Fsp3) is 0.773. The van der Waals surface area contributed by atoms with Crippen molar-refractivity contribution in [2.24, 2.45) is 5.92 Å². The van der Waals surface area contributed by atoms with Crippen LogP contribution in [0.5, 0.6) is 0 Å². The predicted octanol–water partition coefficient (Wildman–Crippen LogP) is 3.19. The van der Waals surface area contributed by atoms with Crippen molar-refractivity contribution < 1.29 is 13.2 Å². The van der Waals surface area contributed by atoms with Gasteiger partial charge in [-0.1, -0.05) is 25.7 Å². The molecule has 0 bridgehead atoms. The van der Waals surface area contributed by atoms with Crippen LogP contribution in [-0.4, -0.2) is 74.2 Å². The van der Waals surface area contributed by atoms with Gasteiger partial charge in [0.15, 0.2) is 0 Å². The summed E-state index contributed by atoms with van der Waals surface area (Å²) in [5, 5.41) is 0. The van der Waals surface area contributed by atoms with E-state index in [1.165, 1.54) is 50.0 Å². The highest BCUT2D eigenvalue weighted by Crippen LogP contribution is 2.28. The Kier molecular flexibility index (Phi) is 7.49. The Morgan fingerprint density at radius 2 is 1.57 bits per heavy atom. The first-order valence-corrected chi connectivity index (χ1v) is 13.9. The lowest BCUT2D eigenvalue weighted by atomic mass is 9.89. The average molecular weight is 454 g/mol. The number of piperazine rings is 1. The molecule has 1 aromatic heterocycles. The van der Waals surface area contributed by atoms with Crippen LogP contribution >= 0.6 is 11.3 Å². The Labute approximate surface area is 185 Å². The predicted molar refractivity (Wildman–Crippen MR) is 120 cm³/mol. The van der Waals surface area contributed by atoms with Gasteiger partial charge in [-0.25, -0.2) is 8.42 Å². The molecule has 4 rings (SSSR count). The molecular formula is C22H35N3O3S2. The minimum Gasteiger partial charge on any atom is -0.340 e. The van der Waals surface area contributed by atoms with E-state index in [0.29, 0.717) is 23.7 Å². The maximum atomic E-state index is 12.8. The first kappa shape index (κ1) is 22.2. The third-order valence-electron chi connectivity index (χ3n) is 6.84. The average Bonchev–Trinajstić information content (AvgIpc) is 3.25. The molecule has 3 fully saturated rings. The summed E-state index contributed by atoms with van der Waals surface area (Å²) in [7, 11) is -3.40. The lowest BCUT2D eigenvalue weighted by Crippen LogP contribution is -2.50. The number of amides is 1. The number of piperidine rings is 1. The van der Waals surface area contributed by atoms with Gasteiger partial charge in [0.2, 0.25) is 5.91 Å².